The largest absolute Gasteiger partial charge is 0.496 e. The molecule has 1 aromatic carbocycles. The van der Waals surface area contributed by atoms with E-state index >= 15 is 0 Å². The molecule has 1 rings (SSSR count). The van der Waals surface area contributed by atoms with Gasteiger partial charge in [0.1, 0.15) is 5.75 Å². The highest BCUT2D eigenvalue weighted by Crippen LogP contribution is 2.33. The Hall–Kier alpha value is -1.07. The van der Waals surface area contributed by atoms with Gasteiger partial charge >= 0.3 is 5.97 Å². The second-order valence-electron chi connectivity index (χ2n) is 5.07. The van der Waals surface area contributed by atoms with Crippen LogP contribution in [0.2, 0.25) is 0 Å². The van der Waals surface area contributed by atoms with E-state index in [1.54, 1.807) is 7.11 Å². The van der Waals surface area contributed by atoms with Gasteiger partial charge in [-0.15, -0.1) is 0 Å². The number of benzene rings is 1. The molecule has 1 aromatic rings. The zero-order valence-corrected chi connectivity index (χ0v) is 14.0. The summed E-state index contributed by atoms with van der Waals surface area (Å²) < 4.78 is 11.1. The van der Waals surface area contributed by atoms with Crippen molar-refractivity contribution in [3.8, 4) is 5.75 Å². The number of rotatable bonds is 6. The third-order valence-corrected chi connectivity index (χ3v) is 4.16. The lowest BCUT2D eigenvalue weighted by Crippen LogP contribution is -2.17. The zero-order chi connectivity index (χ0) is 15.3. The number of esters is 1. The van der Waals surface area contributed by atoms with Crippen molar-refractivity contribution in [3.05, 3.63) is 27.7 Å². The van der Waals surface area contributed by atoms with E-state index in [0.717, 1.165) is 21.3 Å². The van der Waals surface area contributed by atoms with Crippen LogP contribution in [-0.4, -0.2) is 20.2 Å². The number of carbonyl (C=O) groups excluding carboxylic acids is 1. The minimum atomic E-state index is -0.207. The van der Waals surface area contributed by atoms with Crippen LogP contribution in [0.5, 0.6) is 5.75 Å². The van der Waals surface area contributed by atoms with Gasteiger partial charge in [-0.05, 0) is 37.0 Å². The molecule has 0 saturated heterocycles. The fourth-order valence-electron chi connectivity index (χ4n) is 2.15. The summed E-state index contributed by atoms with van der Waals surface area (Å²) >= 11 is 3.51. The van der Waals surface area contributed by atoms with E-state index in [0.29, 0.717) is 12.8 Å². The standard InChI is InChI=1S/C15H22BrNO3/c1-9(6-15(18)20-4)5-13(17)11-8-12(16)10(2)7-14(11)19-3/h7-9,13H,5-6,17H2,1-4H3. The van der Waals surface area contributed by atoms with Crippen LogP contribution in [0.1, 0.15) is 36.9 Å². The number of halogens is 1. The molecule has 0 aliphatic carbocycles. The Morgan fingerprint density at radius 1 is 1.40 bits per heavy atom. The lowest BCUT2D eigenvalue weighted by atomic mass is 9.93. The molecule has 0 spiro atoms. The number of nitrogens with two attached hydrogens (primary N) is 1. The van der Waals surface area contributed by atoms with Gasteiger partial charge in [-0.25, -0.2) is 0 Å². The van der Waals surface area contributed by atoms with E-state index in [1.165, 1.54) is 7.11 Å². The first-order valence-corrected chi connectivity index (χ1v) is 7.34. The lowest BCUT2D eigenvalue weighted by molar-refractivity contribution is -0.141. The van der Waals surface area contributed by atoms with Gasteiger partial charge in [0.25, 0.3) is 0 Å². The average molecular weight is 344 g/mol. The first-order valence-electron chi connectivity index (χ1n) is 6.55. The molecule has 0 heterocycles. The van der Waals surface area contributed by atoms with Crippen LogP contribution < -0.4 is 10.5 Å². The summed E-state index contributed by atoms with van der Waals surface area (Å²) in [7, 11) is 3.03. The molecule has 112 valence electrons. The fourth-order valence-corrected chi connectivity index (χ4v) is 2.51. The van der Waals surface area contributed by atoms with Crippen molar-refractivity contribution in [3.63, 3.8) is 0 Å². The first-order chi connectivity index (χ1) is 9.38. The van der Waals surface area contributed by atoms with E-state index in [4.69, 9.17) is 10.5 Å². The van der Waals surface area contributed by atoms with Crippen LogP contribution in [0.15, 0.2) is 16.6 Å². The maximum atomic E-state index is 11.3. The normalized spacial score (nSPS) is 13.7. The highest BCUT2D eigenvalue weighted by atomic mass is 79.9. The van der Waals surface area contributed by atoms with Crippen molar-refractivity contribution in [2.24, 2.45) is 11.7 Å². The first kappa shape index (κ1) is 17.0. The highest BCUT2D eigenvalue weighted by Gasteiger charge is 2.18. The minimum Gasteiger partial charge on any atom is -0.496 e. The van der Waals surface area contributed by atoms with E-state index in [1.807, 2.05) is 26.0 Å². The summed E-state index contributed by atoms with van der Waals surface area (Å²) in [5.41, 5.74) is 8.30. The monoisotopic (exact) mass is 343 g/mol. The summed E-state index contributed by atoms with van der Waals surface area (Å²) in [6.45, 7) is 3.99. The maximum absolute atomic E-state index is 11.3. The molecule has 5 heteroatoms. The second kappa shape index (κ2) is 7.64. The Morgan fingerprint density at radius 2 is 2.05 bits per heavy atom. The summed E-state index contributed by atoms with van der Waals surface area (Å²) in [5, 5.41) is 0. The number of methoxy groups -OCH3 is 2. The Bertz CT molecular complexity index is 476. The minimum absolute atomic E-state index is 0.155. The number of hydrogen-bond donors (Lipinski definition) is 1. The van der Waals surface area contributed by atoms with Crippen LogP contribution in [-0.2, 0) is 9.53 Å². The number of ether oxygens (including phenoxy) is 2. The van der Waals surface area contributed by atoms with Crippen LogP contribution in [0, 0.1) is 12.8 Å². The summed E-state index contributed by atoms with van der Waals surface area (Å²) in [6, 6.07) is 3.77. The smallest absolute Gasteiger partial charge is 0.305 e. The fraction of sp³-hybridized carbons (Fsp3) is 0.533. The molecule has 2 N–H and O–H groups in total. The molecule has 2 unspecified atom stereocenters. The van der Waals surface area contributed by atoms with Crippen LogP contribution in [0.4, 0.5) is 0 Å². The third-order valence-electron chi connectivity index (χ3n) is 3.31. The molecule has 0 amide bonds. The molecule has 0 aliphatic rings. The molecular weight excluding hydrogens is 322 g/mol. The maximum Gasteiger partial charge on any atom is 0.305 e. The molecule has 4 nitrogen and oxygen atoms in total. The van der Waals surface area contributed by atoms with Crippen molar-refractivity contribution >= 4 is 21.9 Å². The predicted octanol–water partition coefficient (Wildman–Crippen LogP) is 3.36. The number of hydrogen-bond acceptors (Lipinski definition) is 4. The average Bonchev–Trinajstić information content (AvgIpc) is 2.40. The van der Waals surface area contributed by atoms with Crippen molar-refractivity contribution in [1.82, 2.24) is 0 Å². The van der Waals surface area contributed by atoms with Crippen molar-refractivity contribution in [2.45, 2.75) is 32.7 Å². The van der Waals surface area contributed by atoms with Crippen molar-refractivity contribution in [2.75, 3.05) is 14.2 Å². The second-order valence-corrected chi connectivity index (χ2v) is 5.93. The number of carbonyl (C=O) groups is 1. The Morgan fingerprint density at radius 3 is 2.60 bits per heavy atom. The zero-order valence-electron chi connectivity index (χ0n) is 12.4. The molecule has 0 aromatic heterocycles. The Kier molecular flexibility index (Phi) is 6.49. The van der Waals surface area contributed by atoms with Gasteiger partial charge in [0.15, 0.2) is 0 Å². The van der Waals surface area contributed by atoms with Crippen LogP contribution in [0.25, 0.3) is 0 Å². The van der Waals surface area contributed by atoms with Crippen LogP contribution >= 0.6 is 15.9 Å². The van der Waals surface area contributed by atoms with Gasteiger partial charge in [-0.3, -0.25) is 4.79 Å². The molecule has 0 radical (unpaired) electrons. The molecule has 0 saturated carbocycles. The van der Waals surface area contributed by atoms with Gasteiger partial charge < -0.3 is 15.2 Å². The molecule has 2 atom stereocenters. The van der Waals surface area contributed by atoms with Crippen LogP contribution in [0.3, 0.4) is 0 Å². The SMILES string of the molecule is COC(=O)CC(C)CC(N)c1cc(Br)c(C)cc1OC. The van der Waals surface area contributed by atoms with Gasteiger partial charge in [0.05, 0.1) is 14.2 Å². The topological polar surface area (TPSA) is 61.5 Å². The molecule has 0 bridgehead atoms. The Balaban J connectivity index is 2.83. The summed E-state index contributed by atoms with van der Waals surface area (Å²) in [5.74, 6) is 0.729. The molecule has 0 aliphatic heterocycles. The van der Waals surface area contributed by atoms with Crippen molar-refractivity contribution < 1.29 is 14.3 Å². The van der Waals surface area contributed by atoms with E-state index in [2.05, 4.69) is 20.7 Å². The lowest BCUT2D eigenvalue weighted by Gasteiger charge is -2.20. The summed E-state index contributed by atoms with van der Waals surface area (Å²) in [4.78, 5) is 11.3. The van der Waals surface area contributed by atoms with Gasteiger partial charge in [-0.2, -0.15) is 0 Å². The quantitative estimate of drug-likeness (QED) is 0.804. The summed E-state index contributed by atoms with van der Waals surface area (Å²) in [6.07, 6.45) is 1.07. The number of aryl methyl sites for hydroxylation is 1. The van der Waals surface area contributed by atoms with E-state index < -0.39 is 0 Å². The van der Waals surface area contributed by atoms with Crippen molar-refractivity contribution in [1.29, 1.82) is 0 Å². The Labute approximate surface area is 128 Å². The molecule has 0 fully saturated rings. The van der Waals surface area contributed by atoms with Gasteiger partial charge in [0, 0.05) is 22.5 Å². The third kappa shape index (κ3) is 4.49. The predicted molar refractivity (Wildman–Crippen MR) is 82.8 cm³/mol. The van der Waals surface area contributed by atoms with Gasteiger partial charge in [0.2, 0.25) is 0 Å². The van der Waals surface area contributed by atoms with Gasteiger partial charge in [-0.1, -0.05) is 22.9 Å². The van der Waals surface area contributed by atoms with E-state index in [9.17, 15) is 4.79 Å². The molecular formula is C15H22BrNO3. The highest BCUT2D eigenvalue weighted by molar-refractivity contribution is 9.10. The molecule has 20 heavy (non-hydrogen) atoms. The van der Waals surface area contributed by atoms with E-state index in [-0.39, 0.29) is 17.9 Å².